The van der Waals surface area contributed by atoms with Crippen LogP contribution in [0.3, 0.4) is 0 Å². The zero-order chi connectivity index (χ0) is 18.8. The number of carbonyl (C=O) groups is 2. The number of fused-ring (bicyclic) bond motifs is 1. The number of primary amides is 1. The monoisotopic (exact) mass is 354 g/mol. The fourth-order valence-electron chi connectivity index (χ4n) is 3.54. The number of aromatic nitrogens is 2. The van der Waals surface area contributed by atoms with E-state index in [1.54, 1.807) is 18.7 Å². The van der Waals surface area contributed by atoms with Crippen molar-refractivity contribution in [3.8, 4) is 0 Å². The van der Waals surface area contributed by atoms with Gasteiger partial charge >= 0.3 is 5.69 Å². The summed E-state index contributed by atoms with van der Waals surface area (Å²) in [4.78, 5) is 44.2. The summed E-state index contributed by atoms with van der Waals surface area (Å²) in [6.07, 6.45) is 1.11. The van der Waals surface area contributed by atoms with E-state index in [0.717, 1.165) is 16.7 Å². The molecule has 0 aliphatic carbocycles. The van der Waals surface area contributed by atoms with Crippen LogP contribution in [0.5, 0.6) is 0 Å². The quantitative estimate of drug-likeness (QED) is 0.844. The molecule has 1 aliphatic rings. The Hall–Kier alpha value is -2.96. The first-order valence-corrected chi connectivity index (χ1v) is 8.58. The minimum Gasteiger partial charge on any atom is -0.368 e. The summed E-state index contributed by atoms with van der Waals surface area (Å²) in [5, 5.41) is 0. The maximum Gasteiger partial charge on any atom is 0.345 e. The van der Waals surface area contributed by atoms with Gasteiger partial charge in [-0.05, 0) is 37.0 Å². The molecule has 1 aromatic carbocycles. The fraction of sp³-hybridized carbons (Fsp3) is 0.368. The van der Waals surface area contributed by atoms with Crippen molar-refractivity contribution in [2.75, 3.05) is 0 Å². The molecule has 7 heteroatoms. The molecular weight excluding hydrogens is 332 g/mol. The summed E-state index contributed by atoms with van der Waals surface area (Å²) in [6, 6.07) is 7.14. The van der Waals surface area contributed by atoms with E-state index in [1.807, 2.05) is 24.3 Å². The highest BCUT2D eigenvalue weighted by Gasteiger charge is 2.33. The summed E-state index contributed by atoms with van der Waals surface area (Å²) in [5.74, 6) is -0.626. The molecular formula is C19H22N4O3. The third kappa shape index (κ3) is 3.51. The van der Waals surface area contributed by atoms with Crippen molar-refractivity contribution in [3.63, 3.8) is 0 Å². The molecule has 7 nitrogen and oxygen atoms in total. The largest absolute Gasteiger partial charge is 0.368 e. The minimum absolute atomic E-state index is 0.131. The average Bonchev–Trinajstić information content (AvgIpc) is 2.59. The van der Waals surface area contributed by atoms with Crippen molar-refractivity contribution in [2.24, 2.45) is 5.73 Å². The van der Waals surface area contributed by atoms with Gasteiger partial charge in [-0.15, -0.1) is 0 Å². The molecule has 2 heterocycles. The standard InChI is InChI=1S/C19H22N4O3/c1-11-15(12(2)22-19(26)21-11)7-8-17(24)23-10-14-6-4-3-5-13(14)9-16(23)18(20)25/h3-6,16H,7-10H2,1-2H3,(H2,20,25)(H,21,22,26). The van der Waals surface area contributed by atoms with Gasteiger partial charge < -0.3 is 15.6 Å². The molecule has 1 unspecified atom stereocenters. The Kier molecular flexibility index (Phi) is 4.88. The number of aromatic amines is 1. The molecule has 1 aromatic heterocycles. The molecule has 3 rings (SSSR count). The zero-order valence-electron chi connectivity index (χ0n) is 14.9. The molecule has 0 bridgehead atoms. The zero-order valence-corrected chi connectivity index (χ0v) is 14.9. The molecule has 2 amide bonds. The van der Waals surface area contributed by atoms with Crippen molar-refractivity contribution < 1.29 is 9.59 Å². The van der Waals surface area contributed by atoms with Gasteiger partial charge in [0.25, 0.3) is 0 Å². The number of hydrogen-bond acceptors (Lipinski definition) is 4. The van der Waals surface area contributed by atoms with Crippen molar-refractivity contribution in [2.45, 2.75) is 45.7 Å². The van der Waals surface area contributed by atoms with Crippen LogP contribution in [0, 0.1) is 13.8 Å². The van der Waals surface area contributed by atoms with E-state index < -0.39 is 17.6 Å². The van der Waals surface area contributed by atoms with E-state index in [1.165, 1.54) is 0 Å². The van der Waals surface area contributed by atoms with E-state index >= 15 is 0 Å². The van der Waals surface area contributed by atoms with Crippen molar-refractivity contribution in [1.29, 1.82) is 0 Å². The lowest BCUT2D eigenvalue weighted by atomic mass is 9.93. The van der Waals surface area contributed by atoms with Crippen LogP contribution in [0.2, 0.25) is 0 Å². The van der Waals surface area contributed by atoms with Gasteiger partial charge in [-0.25, -0.2) is 4.79 Å². The number of aryl methyl sites for hydroxylation is 2. The summed E-state index contributed by atoms with van der Waals surface area (Å²) < 4.78 is 0. The Labute approximate surface area is 151 Å². The van der Waals surface area contributed by atoms with Gasteiger partial charge in [0.2, 0.25) is 11.8 Å². The lowest BCUT2D eigenvalue weighted by Gasteiger charge is -2.35. The lowest BCUT2D eigenvalue weighted by Crippen LogP contribution is -2.51. The number of hydrogen-bond donors (Lipinski definition) is 2. The molecule has 2 aromatic rings. The molecule has 0 fully saturated rings. The number of amides is 2. The van der Waals surface area contributed by atoms with Crippen LogP contribution in [0.4, 0.5) is 0 Å². The summed E-state index contributed by atoms with van der Waals surface area (Å²) in [6.45, 7) is 3.93. The minimum atomic E-state index is -0.631. The highest BCUT2D eigenvalue weighted by Crippen LogP contribution is 2.24. The Morgan fingerprint density at radius 3 is 2.62 bits per heavy atom. The van der Waals surface area contributed by atoms with Crippen molar-refractivity contribution in [1.82, 2.24) is 14.9 Å². The van der Waals surface area contributed by atoms with Crippen LogP contribution in [0.1, 0.15) is 34.5 Å². The third-order valence-electron chi connectivity index (χ3n) is 4.94. The van der Waals surface area contributed by atoms with Gasteiger partial charge in [0, 0.05) is 30.8 Å². The number of nitrogens with zero attached hydrogens (tertiary/aromatic N) is 2. The van der Waals surface area contributed by atoms with Gasteiger partial charge in [-0.2, -0.15) is 4.98 Å². The van der Waals surface area contributed by atoms with Crippen LogP contribution >= 0.6 is 0 Å². The van der Waals surface area contributed by atoms with Gasteiger partial charge in [0.1, 0.15) is 6.04 Å². The van der Waals surface area contributed by atoms with Gasteiger partial charge in [0.15, 0.2) is 0 Å². The first kappa shape index (κ1) is 17.8. The van der Waals surface area contributed by atoms with Gasteiger partial charge in [-0.1, -0.05) is 24.3 Å². The van der Waals surface area contributed by atoms with Crippen LogP contribution in [0.25, 0.3) is 0 Å². The molecule has 1 atom stereocenters. The lowest BCUT2D eigenvalue weighted by molar-refractivity contribution is -0.140. The summed E-state index contributed by atoms with van der Waals surface area (Å²) in [7, 11) is 0. The Balaban J connectivity index is 1.78. The normalized spacial score (nSPS) is 16.2. The van der Waals surface area contributed by atoms with Crippen LogP contribution in [0.15, 0.2) is 29.1 Å². The topological polar surface area (TPSA) is 109 Å². The van der Waals surface area contributed by atoms with E-state index in [4.69, 9.17) is 5.73 Å². The second kappa shape index (κ2) is 7.11. The van der Waals surface area contributed by atoms with Crippen LogP contribution in [-0.2, 0) is 29.0 Å². The second-order valence-corrected chi connectivity index (χ2v) is 6.64. The predicted molar refractivity (Wildman–Crippen MR) is 96.3 cm³/mol. The number of H-pyrrole nitrogens is 1. The number of nitrogens with two attached hydrogens (primary N) is 1. The van der Waals surface area contributed by atoms with Crippen LogP contribution < -0.4 is 11.4 Å². The van der Waals surface area contributed by atoms with Crippen molar-refractivity contribution in [3.05, 3.63) is 62.8 Å². The van der Waals surface area contributed by atoms with Gasteiger partial charge in [0.05, 0.1) is 0 Å². The number of benzene rings is 1. The maximum atomic E-state index is 12.8. The fourth-order valence-corrected chi connectivity index (χ4v) is 3.54. The molecule has 3 N–H and O–H groups in total. The Morgan fingerprint density at radius 1 is 1.27 bits per heavy atom. The molecule has 136 valence electrons. The number of rotatable bonds is 4. The highest BCUT2D eigenvalue weighted by atomic mass is 16.2. The number of nitrogens with one attached hydrogen (secondary N) is 1. The molecule has 26 heavy (non-hydrogen) atoms. The number of carbonyl (C=O) groups excluding carboxylic acids is 2. The summed E-state index contributed by atoms with van der Waals surface area (Å²) in [5.41, 5.74) is 9.43. The van der Waals surface area contributed by atoms with Crippen LogP contribution in [-0.4, -0.2) is 32.7 Å². The molecule has 0 radical (unpaired) electrons. The van der Waals surface area contributed by atoms with E-state index in [9.17, 15) is 14.4 Å². The average molecular weight is 354 g/mol. The third-order valence-corrected chi connectivity index (χ3v) is 4.94. The molecule has 0 spiro atoms. The van der Waals surface area contributed by atoms with Gasteiger partial charge in [-0.3, -0.25) is 9.59 Å². The second-order valence-electron chi connectivity index (χ2n) is 6.64. The smallest absolute Gasteiger partial charge is 0.345 e. The van der Waals surface area contributed by atoms with E-state index in [-0.39, 0.29) is 12.3 Å². The first-order chi connectivity index (χ1) is 12.4. The van der Waals surface area contributed by atoms with E-state index in [0.29, 0.717) is 30.8 Å². The molecule has 1 aliphatic heterocycles. The molecule has 0 saturated carbocycles. The Morgan fingerprint density at radius 2 is 1.96 bits per heavy atom. The van der Waals surface area contributed by atoms with E-state index in [2.05, 4.69) is 9.97 Å². The maximum absolute atomic E-state index is 12.8. The van der Waals surface area contributed by atoms with Crippen molar-refractivity contribution >= 4 is 11.8 Å². The first-order valence-electron chi connectivity index (χ1n) is 8.58. The highest BCUT2D eigenvalue weighted by molar-refractivity contribution is 5.87. The molecule has 0 saturated heterocycles. The summed E-state index contributed by atoms with van der Waals surface area (Å²) >= 11 is 0. The SMILES string of the molecule is Cc1nc(=O)[nH]c(C)c1CCC(=O)N1Cc2ccccc2CC1C(N)=O. The Bertz CT molecular complexity index is 893. The predicted octanol–water partition coefficient (Wildman–Crippen LogP) is 0.758.